The van der Waals surface area contributed by atoms with Crippen molar-refractivity contribution in [3.63, 3.8) is 0 Å². The maximum absolute atomic E-state index is 12.6. The fourth-order valence-electron chi connectivity index (χ4n) is 3.82. The van der Waals surface area contributed by atoms with Gasteiger partial charge in [0.1, 0.15) is 33.0 Å². The van der Waals surface area contributed by atoms with E-state index in [1.54, 1.807) is 13.8 Å². The fraction of sp³-hybridized carbons (Fsp3) is 0.647. The fourth-order valence-corrected chi connectivity index (χ4v) is 3.82. The Morgan fingerprint density at radius 1 is 0.583 bits per heavy atom. The number of hydrogen-bond acceptors (Lipinski definition) is 14. The van der Waals surface area contributed by atoms with Crippen LogP contribution in [0.1, 0.15) is 66.2 Å². The van der Waals surface area contributed by atoms with Crippen molar-refractivity contribution >= 4 is 35.6 Å². The lowest BCUT2D eigenvalue weighted by Gasteiger charge is -2.31. The molecule has 0 radical (unpaired) electrons. The van der Waals surface area contributed by atoms with E-state index in [4.69, 9.17) is 23.7 Å². The molecule has 0 rings (SSSR count). The summed E-state index contributed by atoms with van der Waals surface area (Å²) in [5.74, 6) is -2.65. The van der Waals surface area contributed by atoms with Crippen LogP contribution in [0.3, 0.4) is 0 Å². The zero-order valence-electron chi connectivity index (χ0n) is 29.0. The predicted octanol–water partition coefficient (Wildman–Crippen LogP) is 2.11. The van der Waals surface area contributed by atoms with Gasteiger partial charge < -0.3 is 39.6 Å². The van der Waals surface area contributed by atoms with Gasteiger partial charge in [0, 0.05) is 56.3 Å². The van der Waals surface area contributed by atoms with Crippen molar-refractivity contribution in [3.05, 3.63) is 38.0 Å². The number of allylic oxidation sites excluding steroid dienone is 1. The summed E-state index contributed by atoms with van der Waals surface area (Å²) in [6.07, 6.45) is 4.85. The molecule has 272 valence electrons. The molecule has 48 heavy (non-hydrogen) atoms. The number of esters is 5. The molecule has 14 nitrogen and oxygen atoms in total. The van der Waals surface area contributed by atoms with Gasteiger partial charge in [0.2, 0.25) is 0 Å². The Hall–Kier alpha value is -3.88. The molecule has 0 amide bonds. The van der Waals surface area contributed by atoms with Crippen molar-refractivity contribution in [2.45, 2.75) is 84.3 Å². The molecule has 3 N–H and O–H groups in total. The van der Waals surface area contributed by atoms with E-state index >= 15 is 0 Å². The van der Waals surface area contributed by atoms with Crippen LogP contribution in [0.15, 0.2) is 38.0 Å². The number of ketones is 1. The average Bonchev–Trinajstić information content (AvgIpc) is 3.08. The second kappa shape index (κ2) is 26.1. The van der Waals surface area contributed by atoms with Crippen LogP contribution in [-0.4, -0.2) is 106 Å². The van der Waals surface area contributed by atoms with E-state index in [1.165, 1.54) is 6.08 Å². The second-order valence-electron chi connectivity index (χ2n) is 11.5. The third-order valence-corrected chi connectivity index (χ3v) is 7.17. The minimum absolute atomic E-state index is 0.00883. The summed E-state index contributed by atoms with van der Waals surface area (Å²) < 4.78 is 26.5. The maximum Gasteiger partial charge on any atom is 0.330 e. The molecule has 0 spiro atoms. The number of ether oxygens (including phenoxy) is 5. The van der Waals surface area contributed by atoms with Gasteiger partial charge >= 0.3 is 29.8 Å². The third-order valence-electron chi connectivity index (χ3n) is 7.17. The highest BCUT2D eigenvalue weighted by Crippen LogP contribution is 2.25. The summed E-state index contributed by atoms with van der Waals surface area (Å²) in [5.41, 5.74) is -0.994. The zero-order chi connectivity index (χ0) is 36.4. The first kappa shape index (κ1) is 44.1. The van der Waals surface area contributed by atoms with Gasteiger partial charge in [-0.25, -0.2) is 9.59 Å². The smallest absolute Gasteiger partial charge is 0.330 e. The van der Waals surface area contributed by atoms with Gasteiger partial charge in [0.25, 0.3) is 0 Å². The molecule has 0 aliphatic heterocycles. The molecular formula is C34H55N3O11. The van der Waals surface area contributed by atoms with Crippen LogP contribution in [0.25, 0.3) is 0 Å². The lowest BCUT2D eigenvalue weighted by molar-refractivity contribution is -0.162. The van der Waals surface area contributed by atoms with Crippen LogP contribution in [-0.2, 0) is 52.5 Å². The molecule has 3 unspecified atom stereocenters. The normalized spacial score (nSPS) is 13.8. The van der Waals surface area contributed by atoms with Gasteiger partial charge in [0.15, 0.2) is 5.78 Å². The Balaban J connectivity index is 5.06. The van der Waals surface area contributed by atoms with Gasteiger partial charge in [-0.2, -0.15) is 0 Å². The monoisotopic (exact) mass is 681 g/mol. The summed E-state index contributed by atoms with van der Waals surface area (Å²) in [4.78, 5) is 71.6. The Bertz CT molecular complexity index is 937. The van der Waals surface area contributed by atoms with Crippen LogP contribution in [0.4, 0.5) is 0 Å². The number of carbonyl (C=O) groups excluding carboxylic acids is 6. The van der Waals surface area contributed by atoms with E-state index in [0.29, 0.717) is 25.8 Å². The first-order chi connectivity index (χ1) is 22.8. The van der Waals surface area contributed by atoms with Gasteiger partial charge in [-0.3, -0.25) is 19.2 Å². The SMILES string of the molecule is C=CC(=O)CCC(C)NCCC(=O)OCC(CC)(COC(=O)CCNC(C)COC(=O)C=C)COC(=O)CCNC(C)COC(=O)C=C. The lowest BCUT2D eigenvalue weighted by Crippen LogP contribution is -2.40. The highest BCUT2D eigenvalue weighted by molar-refractivity contribution is 5.89. The average molecular weight is 682 g/mol. The Morgan fingerprint density at radius 2 is 0.958 bits per heavy atom. The molecule has 0 saturated heterocycles. The van der Waals surface area contributed by atoms with E-state index in [0.717, 1.165) is 12.2 Å². The largest absolute Gasteiger partial charge is 0.465 e. The molecule has 0 aromatic carbocycles. The van der Waals surface area contributed by atoms with Crippen molar-refractivity contribution in [1.29, 1.82) is 0 Å². The number of nitrogens with one attached hydrogen (secondary N) is 3. The predicted molar refractivity (Wildman–Crippen MR) is 179 cm³/mol. The quantitative estimate of drug-likeness (QED) is 0.0592. The zero-order valence-corrected chi connectivity index (χ0v) is 29.0. The minimum atomic E-state index is -0.994. The molecule has 0 aromatic heterocycles. The summed E-state index contributed by atoms with van der Waals surface area (Å²) in [6.45, 7) is 18.0. The summed E-state index contributed by atoms with van der Waals surface area (Å²) in [6, 6.07) is -0.404. The first-order valence-corrected chi connectivity index (χ1v) is 16.2. The van der Waals surface area contributed by atoms with E-state index in [9.17, 15) is 28.8 Å². The maximum atomic E-state index is 12.6. The van der Waals surface area contributed by atoms with E-state index < -0.39 is 35.3 Å². The molecule has 0 aliphatic carbocycles. The van der Waals surface area contributed by atoms with Gasteiger partial charge in [-0.15, -0.1) is 0 Å². The van der Waals surface area contributed by atoms with Crippen molar-refractivity contribution < 1.29 is 52.5 Å². The third kappa shape index (κ3) is 22.6. The Kier molecular flexibility index (Phi) is 24.0. The Labute approximate surface area is 284 Å². The molecule has 0 fully saturated rings. The topological polar surface area (TPSA) is 185 Å². The number of hydrogen-bond donors (Lipinski definition) is 3. The molecule has 0 bridgehead atoms. The minimum Gasteiger partial charge on any atom is -0.465 e. The van der Waals surface area contributed by atoms with Crippen molar-refractivity contribution in [2.24, 2.45) is 5.41 Å². The van der Waals surface area contributed by atoms with Gasteiger partial charge in [-0.05, 0) is 39.7 Å². The second-order valence-corrected chi connectivity index (χ2v) is 11.5. The molecule has 0 saturated carbocycles. The molecule has 0 aliphatic rings. The highest BCUT2D eigenvalue weighted by Gasteiger charge is 2.34. The summed E-state index contributed by atoms with van der Waals surface area (Å²) in [5, 5.41) is 9.29. The standard InChI is InChI=1S/C34H55N3O11/c1-8-28(38)13-12-25(5)35-17-14-31(41)46-22-34(11-4,23-47-32(42)15-18-36-26(6)20-44-29(39)9-2)24-48-33(43)16-19-37-27(7)21-45-30(40)10-3/h8-10,25-27,35-37H,1-3,11-24H2,4-7H3. The molecule has 0 aromatic rings. The highest BCUT2D eigenvalue weighted by atomic mass is 16.6. The molecule has 3 atom stereocenters. The lowest BCUT2D eigenvalue weighted by atomic mass is 9.88. The van der Waals surface area contributed by atoms with Gasteiger partial charge in [-0.1, -0.05) is 26.7 Å². The Morgan fingerprint density at radius 3 is 1.29 bits per heavy atom. The van der Waals surface area contributed by atoms with Gasteiger partial charge in [0.05, 0.1) is 24.7 Å². The van der Waals surface area contributed by atoms with E-state index in [1.807, 2.05) is 13.8 Å². The molecular weight excluding hydrogens is 626 g/mol. The van der Waals surface area contributed by atoms with Crippen molar-refractivity contribution in [3.8, 4) is 0 Å². The van der Waals surface area contributed by atoms with E-state index in [2.05, 4.69) is 35.7 Å². The molecule has 14 heteroatoms. The van der Waals surface area contributed by atoms with Crippen molar-refractivity contribution in [1.82, 2.24) is 16.0 Å². The van der Waals surface area contributed by atoms with Crippen LogP contribution < -0.4 is 16.0 Å². The summed E-state index contributed by atoms with van der Waals surface area (Å²) >= 11 is 0. The summed E-state index contributed by atoms with van der Waals surface area (Å²) in [7, 11) is 0. The number of rotatable bonds is 29. The van der Waals surface area contributed by atoms with Crippen LogP contribution in [0.2, 0.25) is 0 Å². The van der Waals surface area contributed by atoms with E-state index in [-0.39, 0.29) is 89.3 Å². The molecule has 0 heterocycles. The van der Waals surface area contributed by atoms with Crippen LogP contribution in [0.5, 0.6) is 0 Å². The van der Waals surface area contributed by atoms with Crippen LogP contribution in [0, 0.1) is 5.41 Å². The first-order valence-electron chi connectivity index (χ1n) is 16.2. The van der Waals surface area contributed by atoms with Crippen molar-refractivity contribution in [2.75, 3.05) is 52.7 Å². The van der Waals surface area contributed by atoms with Crippen LogP contribution >= 0.6 is 0 Å². The number of carbonyl (C=O) groups is 6.